The summed E-state index contributed by atoms with van der Waals surface area (Å²) in [5, 5.41) is 11.1. The molecule has 0 aliphatic heterocycles. The molecule has 6 nitrogen and oxygen atoms in total. The lowest BCUT2D eigenvalue weighted by Crippen LogP contribution is -2.37. The molecule has 2 atom stereocenters. The van der Waals surface area contributed by atoms with Crippen LogP contribution < -0.4 is 5.32 Å². The molecule has 1 N–H and O–H groups in total. The van der Waals surface area contributed by atoms with Crippen molar-refractivity contribution < 1.29 is 4.79 Å². The van der Waals surface area contributed by atoms with Crippen molar-refractivity contribution in [2.24, 2.45) is 0 Å². The number of nitrogens with one attached hydrogen (secondary N) is 1. The van der Waals surface area contributed by atoms with Gasteiger partial charge >= 0.3 is 0 Å². The maximum atomic E-state index is 12.1. The zero-order valence-corrected chi connectivity index (χ0v) is 12.7. The summed E-state index contributed by atoms with van der Waals surface area (Å²) in [6.07, 6.45) is 2.98. The van der Waals surface area contributed by atoms with Crippen LogP contribution in [0.15, 0.2) is 29.5 Å². The largest absolute Gasteiger partial charge is 0.352 e. The molecule has 0 aliphatic rings. The molecule has 0 saturated carbocycles. The summed E-state index contributed by atoms with van der Waals surface area (Å²) in [5.41, 5.74) is 1.22. The molecule has 0 aromatic carbocycles. The molecule has 2 rings (SSSR count). The Morgan fingerprint density at radius 2 is 2.35 bits per heavy atom. The molecule has 1 amide bonds. The zero-order valence-electron chi connectivity index (χ0n) is 11.9. The van der Waals surface area contributed by atoms with Gasteiger partial charge in [0.15, 0.2) is 0 Å². The number of amides is 1. The summed E-state index contributed by atoms with van der Waals surface area (Å²) >= 11 is 1.66. The molecule has 2 unspecified atom stereocenters. The summed E-state index contributed by atoms with van der Waals surface area (Å²) in [7, 11) is 4.02. The quantitative estimate of drug-likeness (QED) is 0.872. The van der Waals surface area contributed by atoms with Crippen LogP contribution in [0.2, 0.25) is 0 Å². The van der Waals surface area contributed by atoms with E-state index in [1.54, 1.807) is 29.3 Å². The molecule has 2 heterocycles. The van der Waals surface area contributed by atoms with Gasteiger partial charge in [-0.25, -0.2) is 9.67 Å². The van der Waals surface area contributed by atoms with Gasteiger partial charge in [-0.15, -0.1) is 0 Å². The van der Waals surface area contributed by atoms with Gasteiger partial charge in [-0.3, -0.25) is 4.79 Å². The molecule has 2 aromatic rings. The van der Waals surface area contributed by atoms with Gasteiger partial charge in [-0.05, 0) is 43.4 Å². The van der Waals surface area contributed by atoms with Crippen molar-refractivity contribution in [3.8, 4) is 0 Å². The lowest BCUT2D eigenvalue weighted by molar-refractivity contribution is -0.124. The first-order chi connectivity index (χ1) is 9.59. The number of carbonyl (C=O) groups is 1. The summed E-state index contributed by atoms with van der Waals surface area (Å²) in [4.78, 5) is 18.1. The van der Waals surface area contributed by atoms with E-state index in [-0.39, 0.29) is 18.0 Å². The van der Waals surface area contributed by atoms with Gasteiger partial charge in [0.05, 0.1) is 6.04 Å². The van der Waals surface area contributed by atoms with Crippen LogP contribution in [0.3, 0.4) is 0 Å². The van der Waals surface area contributed by atoms with Crippen molar-refractivity contribution in [2.45, 2.75) is 19.0 Å². The highest BCUT2D eigenvalue weighted by Crippen LogP contribution is 2.20. The molecule has 0 radical (unpaired) electrons. The van der Waals surface area contributed by atoms with Gasteiger partial charge in [-0.2, -0.15) is 16.4 Å². The Labute approximate surface area is 122 Å². The van der Waals surface area contributed by atoms with Crippen molar-refractivity contribution in [3.05, 3.63) is 35.0 Å². The number of hydrogen-bond donors (Lipinski definition) is 1. The number of thiophene rings is 1. The predicted molar refractivity (Wildman–Crippen MR) is 78.5 cm³/mol. The smallest absolute Gasteiger partial charge is 0.244 e. The summed E-state index contributed by atoms with van der Waals surface area (Å²) in [5.74, 6) is -0.0578. The van der Waals surface area contributed by atoms with Gasteiger partial charge in [0.1, 0.15) is 18.7 Å². The fraction of sp³-hybridized carbons (Fsp3) is 0.462. The van der Waals surface area contributed by atoms with Crippen LogP contribution in [0, 0.1) is 0 Å². The van der Waals surface area contributed by atoms with Gasteiger partial charge in [0.25, 0.3) is 0 Å². The Morgan fingerprint density at radius 3 is 2.90 bits per heavy atom. The predicted octanol–water partition coefficient (Wildman–Crippen LogP) is 1.32. The number of nitrogens with zero attached hydrogens (tertiary/aromatic N) is 4. The van der Waals surface area contributed by atoms with E-state index in [1.165, 1.54) is 11.9 Å². The van der Waals surface area contributed by atoms with Crippen LogP contribution >= 0.6 is 11.3 Å². The first kappa shape index (κ1) is 14.7. The highest BCUT2D eigenvalue weighted by atomic mass is 32.1. The lowest BCUT2D eigenvalue weighted by Gasteiger charge is -2.24. The van der Waals surface area contributed by atoms with E-state index in [2.05, 4.69) is 31.7 Å². The second kappa shape index (κ2) is 6.62. The third-order valence-electron chi connectivity index (χ3n) is 3.23. The zero-order chi connectivity index (χ0) is 14.5. The van der Waals surface area contributed by atoms with Crippen molar-refractivity contribution in [2.75, 3.05) is 20.6 Å². The Kier molecular flexibility index (Phi) is 4.86. The van der Waals surface area contributed by atoms with E-state index < -0.39 is 0 Å². The minimum Gasteiger partial charge on any atom is -0.352 e. The molecule has 20 heavy (non-hydrogen) atoms. The van der Waals surface area contributed by atoms with Crippen molar-refractivity contribution in [3.63, 3.8) is 0 Å². The van der Waals surface area contributed by atoms with E-state index in [4.69, 9.17) is 0 Å². The number of aromatic nitrogens is 3. The van der Waals surface area contributed by atoms with Crippen LogP contribution in [0.5, 0.6) is 0 Å². The topological polar surface area (TPSA) is 63.1 Å². The summed E-state index contributed by atoms with van der Waals surface area (Å²) < 4.78 is 1.55. The van der Waals surface area contributed by atoms with E-state index >= 15 is 0 Å². The highest BCUT2D eigenvalue weighted by molar-refractivity contribution is 7.07. The normalized spacial score (nSPS) is 14.2. The minimum absolute atomic E-state index is 0.0578. The SMILES string of the molecule is CC(C(=O)NCC(c1ccsc1)N(C)C)n1cncn1. The fourth-order valence-corrected chi connectivity index (χ4v) is 2.65. The van der Waals surface area contributed by atoms with Crippen LogP contribution in [0.4, 0.5) is 0 Å². The Balaban J connectivity index is 1.94. The van der Waals surface area contributed by atoms with Crippen molar-refractivity contribution >= 4 is 17.2 Å². The monoisotopic (exact) mass is 293 g/mol. The van der Waals surface area contributed by atoms with Crippen molar-refractivity contribution in [1.29, 1.82) is 0 Å². The van der Waals surface area contributed by atoms with E-state index in [0.29, 0.717) is 6.54 Å². The highest BCUT2D eigenvalue weighted by Gasteiger charge is 2.19. The second-order valence-corrected chi connectivity index (χ2v) is 5.61. The molecule has 108 valence electrons. The molecule has 0 fully saturated rings. The van der Waals surface area contributed by atoms with E-state index in [0.717, 1.165) is 0 Å². The lowest BCUT2D eigenvalue weighted by atomic mass is 10.1. The third-order valence-corrected chi connectivity index (χ3v) is 3.94. The fourth-order valence-electron chi connectivity index (χ4n) is 1.95. The van der Waals surface area contributed by atoms with Crippen LogP contribution in [-0.4, -0.2) is 46.2 Å². The second-order valence-electron chi connectivity index (χ2n) is 4.83. The maximum absolute atomic E-state index is 12.1. The first-order valence-corrected chi connectivity index (χ1v) is 7.34. The molecule has 0 aliphatic carbocycles. The number of likely N-dealkylation sites (N-methyl/N-ethyl adjacent to an activating group) is 1. The van der Waals surface area contributed by atoms with E-state index in [1.807, 2.05) is 19.5 Å². The van der Waals surface area contributed by atoms with Gasteiger partial charge in [0, 0.05) is 6.54 Å². The molecule has 0 bridgehead atoms. The van der Waals surface area contributed by atoms with Gasteiger partial charge < -0.3 is 10.2 Å². The summed E-state index contributed by atoms with van der Waals surface area (Å²) in [6, 6.07) is 1.90. The standard InChI is InChI=1S/C13H19N5OS/c1-10(18-9-14-8-16-18)13(19)15-6-12(17(2)3)11-4-5-20-7-11/h4-5,7-10,12H,6H2,1-3H3,(H,15,19). The molecule has 2 aromatic heterocycles. The Bertz CT molecular complexity index is 523. The average Bonchev–Trinajstić information content (AvgIpc) is 3.10. The van der Waals surface area contributed by atoms with Crippen LogP contribution in [-0.2, 0) is 4.79 Å². The molecular weight excluding hydrogens is 274 g/mol. The van der Waals surface area contributed by atoms with Crippen LogP contribution in [0.1, 0.15) is 24.6 Å². The molecule has 0 saturated heterocycles. The number of hydrogen-bond acceptors (Lipinski definition) is 5. The van der Waals surface area contributed by atoms with Gasteiger partial charge in [-0.1, -0.05) is 0 Å². The molecular formula is C13H19N5OS. The summed E-state index contributed by atoms with van der Waals surface area (Å²) in [6.45, 7) is 2.38. The molecule has 7 heteroatoms. The van der Waals surface area contributed by atoms with Gasteiger partial charge in [0.2, 0.25) is 5.91 Å². The molecule has 0 spiro atoms. The van der Waals surface area contributed by atoms with E-state index in [9.17, 15) is 4.79 Å². The average molecular weight is 293 g/mol. The maximum Gasteiger partial charge on any atom is 0.244 e. The van der Waals surface area contributed by atoms with Crippen molar-refractivity contribution in [1.82, 2.24) is 25.0 Å². The number of carbonyl (C=O) groups excluding carboxylic acids is 1. The number of rotatable bonds is 6. The minimum atomic E-state index is -0.359. The Hall–Kier alpha value is -1.73. The first-order valence-electron chi connectivity index (χ1n) is 6.40. The third kappa shape index (κ3) is 3.43. The van der Waals surface area contributed by atoms with Crippen LogP contribution in [0.25, 0.3) is 0 Å². The Morgan fingerprint density at radius 1 is 1.55 bits per heavy atom.